The molecule has 2 unspecified atom stereocenters. The molecule has 0 saturated carbocycles. The SMILES string of the molecule is NCCOCC(=O)NC1COCC1C(=O)O. The molecule has 1 aliphatic rings. The highest BCUT2D eigenvalue weighted by molar-refractivity contribution is 5.79. The molecule has 4 N–H and O–H groups in total. The van der Waals surface area contributed by atoms with Gasteiger partial charge in [-0.25, -0.2) is 0 Å². The number of aliphatic carboxylic acids is 1. The molecule has 0 aromatic carbocycles. The average Bonchev–Trinajstić information content (AvgIpc) is 2.66. The Bertz CT molecular complexity index is 258. The maximum Gasteiger partial charge on any atom is 0.311 e. The zero-order chi connectivity index (χ0) is 12.0. The third kappa shape index (κ3) is 3.76. The summed E-state index contributed by atoms with van der Waals surface area (Å²) >= 11 is 0. The highest BCUT2D eigenvalue weighted by atomic mass is 16.5. The smallest absolute Gasteiger partial charge is 0.311 e. The van der Waals surface area contributed by atoms with Crippen molar-refractivity contribution >= 4 is 11.9 Å². The Hall–Kier alpha value is -1.18. The second-order valence-corrected chi connectivity index (χ2v) is 3.50. The van der Waals surface area contributed by atoms with E-state index in [1.165, 1.54) is 0 Å². The predicted molar refractivity (Wildman–Crippen MR) is 53.7 cm³/mol. The number of carboxylic acid groups (broad SMARTS) is 1. The summed E-state index contributed by atoms with van der Waals surface area (Å²) in [5.74, 6) is -2.00. The topological polar surface area (TPSA) is 111 Å². The summed E-state index contributed by atoms with van der Waals surface area (Å²) in [6.07, 6.45) is 0. The number of ether oxygens (including phenoxy) is 2. The number of hydrogen-bond acceptors (Lipinski definition) is 5. The van der Waals surface area contributed by atoms with Crippen LogP contribution in [0.4, 0.5) is 0 Å². The number of nitrogens with one attached hydrogen (secondary N) is 1. The molecule has 1 heterocycles. The second-order valence-electron chi connectivity index (χ2n) is 3.50. The van der Waals surface area contributed by atoms with Crippen molar-refractivity contribution in [3.05, 3.63) is 0 Å². The summed E-state index contributed by atoms with van der Waals surface area (Å²) in [5, 5.41) is 11.4. The first-order chi connectivity index (χ1) is 7.65. The van der Waals surface area contributed by atoms with Gasteiger partial charge in [-0.3, -0.25) is 9.59 Å². The zero-order valence-corrected chi connectivity index (χ0v) is 8.85. The third-order valence-electron chi connectivity index (χ3n) is 2.24. The van der Waals surface area contributed by atoms with Crippen LogP contribution in [-0.2, 0) is 19.1 Å². The van der Waals surface area contributed by atoms with E-state index in [1.807, 2.05) is 0 Å². The fraction of sp³-hybridized carbons (Fsp3) is 0.778. The molecule has 92 valence electrons. The van der Waals surface area contributed by atoms with Gasteiger partial charge in [0.15, 0.2) is 0 Å². The largest absolute Gasteiger partial charge is 0.481 e. The van der Waals surface area contributed by atoms with E-state index < -0.39 is 17.9 Å². The van der Waals surface area contributed by atoms with Gasteiger partial charge in [-0.1, -0.05) is 0 Å². The fourth-order valence-corrected chi connectivity index (χ4v) is 1.44. The van der Waals surface area contributed by atoms with Crippen molar-refractivity contribution < 1.29 is 24.2 Å². The van der Waals surface area contributed by atoms with Crippen LogP contribution in [0.25, 0.3) is 0 Å². The Morgan fingerprint density at radius 1 is 1.50 bits per heavy atom. The normalized spacial score (nSPS) is 24.3. The van der Waals surface area contributed by atoms with E-state index in [-0.39, 0.29) is 25.7 Å². The molecule has 1 saturated heterocycles. The van der Waals surface area contributed by atoms with Gasteiger partial charge >= 0.3 is 5.97 Å². The lowest BCUT2D eigenvalue weighted by Crippen LogP contribution is -2.44. The van der Waals surface area contributed by atoms with Crippen molar-refractivity contribution in [2.75, 3.05) is 33.0 Å². The van der Waals surface area contributed by atoms with Crippen LogP contribution in [0, 0.1) is 5.92 Å². The van der Waals surface area contributed by atoms with Crippen molar-refractivity contribution in [2.24, 2.45) is 11.7 Å². The lowest BCUT2D eigenvalue weighted by atomic mass is 10.0. The first-order valence-electron chi connectivity index (χ1n) is 5.03. The summed E-state index contributed by atoms with van der Waals surface area (Å²) in [7, 11) is 0. The van der Waals surface area contributed by atoms with E-state index in [0.717, 1.165) is 0 Å². The van der Waals surface area contributed by atoms with Crippen molar-refractivity contribution in [3.63, 3.8) is 0 Å². The molecular formula is C9H16N2O5. The first-order valence-corrected chi connectivity index (χ1v) is 5.03. The molecule has 0 aliphatic carbocycles. The van der Waals surface area contributed by atoms with Gasteiger partial charge in [0.1, 0.15) is 12.5 Å². The van der Waals surface area contributed by atoms with Gasteiger partial charge < -0.3 is 25.6 Å². The van der Waals surface area contributed by atoms with E-state index in [4.69, 9.17) is 20.3 Å². The quantitative estimate of drug-likeness (QED) is 0.465. The van der Waals surface area contributed by atoms with Gasteiger partial charge in [0.25, 0.3) is 0 Å². The van der Waals surface area contributed by atoms with Crippen molar-refractivity contribution in [1.29, 1.82) is 0 Å². The minimum absolute atomic E-state index is 0.111. The lowest BCUT2D eigenvalue weighted by molar-refractivity contribution is -0.142. The number of amides is 1. The maximum atomic E-state index is 11.3. The first kappa shape index (κ1) is 12.9. The Balaban J connectivity index is 2.30. The molecular weight excluding hydrogens is 216 g/mol. The summed E-state index contributed by atoms with van der Waals surface area (Å²) in [5.41, 5.74) is 5.19. The number of carbonyl (C=O) groups is 2. The summed E-state index contributed by atoms with van der Waals surface area (Å²) in [4.78, 5) is 22.1. The lowest BCUT2D eigenvalue weighted by Gasteiger charge is -2.15. The van der Waals surface area contributed by atoms with E-state index >= 15 is 0 Å². The van der Waals surface area contributed by atoms with Crippen LogP contribution in [0.15, 0.2) is 0 Å². The van der Waals surface area contributed by atoms with Gasteiger partial charge in [-0.15, -0.1) is 0 Å². The van der Waals surface area contributed by atoms with Crippen molar-refractivity contribution in [3.8, 4) is 0 Å². The third-order valence-corrected chi connectivity index (χ3v) is 2.24. The molecule has 7 heteroatoms. The Kier molecular flexibility index (Phi) is 5.17. The molecule has 0 aromatic heterocycles. The van der Waals surface area contributed by atoms with Gasteiger partial charge in [-0.2, -0.15) is 0 Å². The van der Waals surface area contributed by atoms with Gasteiger partial charge in [0.2, 0.25) is 5.91 Å². The molecule has 0 aromatic rings. The molecule has 0 radical (unpaired) electrons. The molecule has 0 bridgehead atoms. The molecule has 1 aliphatic heterocycles. The molecule has 2 atom stereocenters. The minimum Gasteiger partial charge on any atom is -0.481 e. The van der Waals surface area contributed by atoms with E-state index in [0.29, 0.717) is 13.2 Å². The van der Waals surface area contributed by atoms with E-state index in [2.05, 4.69) is 5.32 Å². The molecule has 1 amide bonds. The van der Waals surface area contributed by atoms with Crippen LogP contribution < -0.4 is 11.1 Å². The van der Waals surface area contributed by atoms with Gasteiger partial charge in [0.05, 0.1) is 25.9 Å². The Morgan fingerprint density at radius 3 is 2.88 bits per heavy atom. The van der Waals surface area contributed by atoms with Crippen molar-refractivity contribution in [1.82, 2.24) is 5.32 Å². The number of hydrogen-bond donors (Lipinski definition) is 3. The monoisotopic (exact) mass is 232 g/mol. The molecule has 1 fully saturated rings. The van der Waals surface area contributed by atoms with E-state index in [1.54, 1.807) is 0 Å². The standard InChI is InChI=1S/C9H16N2O5/c10-1-2-15-5-8(12)11-7-4-16-3-6(7)9(13)14/h6-7H,1-5,10H2,(H,11,12)(H,13,14). The molecule has 1 rings (SSSR count). The highest BCUT2D eigenvalue weighted by Gasteiger charge is 2.34. The minimum atomic E-state index is -0.967. The van der Waals surface area contributed by atoms with Gasteiger partial charge in [0, 0.05) is 6.54 Å². The molecule has 16 heavy (non-hydrogen) atoms. The van der Waals surface area contributed by atoms with Crippen LogP contribution >= 0.6 is 0 Å². The molecule has 7 nitrogen and oxygen atoms in total. The number of carbonyl (C=O) groups excluding carboxylic acids is 1. The summed E-state index contributed by atoms with van der Waals surface area (Å²) in [6.45, 7) is 0.887. The number of nitrogens with two attached hydrogens (primary N) is 1. The fourth-order valence-electron chi connectivity index (χ4n) is 1.44. The van der Waals surface area contributed by atoms with Crippen LogP contribution in [-0.4, -0.2) is 56.0 Å². The van der Waals surface area contributed by atoms with Crippen LogP contribution in [0.3, 0.4) is 0 Å². The Morgan fingerprint density at radius 2 is 2.25 bits per heavy atom. The predicted octanol–water partition coefficient (Wildman–Crippen LogP) is -1.82. The van der Waals surface area contributed by atoms with Crippen LogP contribution in [0.5, 0.6) is 0 Å². The van der Waals surface area contributed by atoms with Gasteiger partial charge in [-0.05, 0) is 0 Å². The Labute approximate surface area is 92.9 Å². The second kappa shape index (κ2) is 6.41. The van der Waals surface area contributed by atoms with Crippen LogP contribution in [0.2, 0.25) is 0 Å². The number of carboxylic acids is 1. The highest BCUT2D eigenvalue weighted by Crippen LogP contribution is 2.13. The average molecular weight is 232 g/mol. The summed E-state index contributed by atoms with van der Waals surface area (Å²) in [6, 6.07) is -0.480. The number of rotatable bonds is 6. The van der Waals surface area contributed by atoms with Crippen molar-refractivity contribution in [2.45, 2.75) is 6.04 Å². The van der Waals surface area contributed by atoms with Crippen LogP contribution in [0.1, 0.15) is 0 Å². The maximum absolute atomic E-state index is 11.3. The van der Waals surface area contributed by atoms with E-state index in [9.17, 15) is 9.59 Å². The summed E-state index contributed by atoms with van der Waals surface area (Å²) < 4.78 is 9.93. The molecule has 0 spiro atoms. The zero-order valence-electron chi connectivity index (χ0n) is 8.85.